The van der Waals surface area contributed by atoms with Crippen molar-refractivity contribution in [3.63, 3.8) is 0 Å². The molecule has 0 spiro atoms. The quantitative estimate of drug-likeness (QED) is 0.555. The van der Waals surface area contributed by atoms with Crippen molar-refractivity contribution in [2.75, 3.05) is 0 Å². The molecule has 0 N–H and O–H groups in total. The van der Waals surface area contributed by atoms with E-state index in [2.05, 4.69) is 0 Å². The predicted molar refractivity (Wildman–Crippen MR) is 43.7 cm³/mol. The summed E-state index contributed by atoms with van der Waals surface area (Å²) in [4.78, 5) is 0. The minimum atomic E-state index is -0.503. The van der Waals surface area contributed by atoms with Gasteiger partial charge in [-0.1, -0.05) is 11.6 Å². The largest absolute Gasteiger partial charge is 0.207 e. The highest BCUT2D eigenvalue weighted by molar-refractivity contribution is 5.63. The van der Waals surface area contributed by atoms with Crippen LogP contribution in [-0.4, -0.2) is 0 Å². The summed E-state index contributed by atoms with van der Waals surface area (Å²) < 4.78 is 25.7. The van der Waals surface area contributed by atoms with Crippen LogP contribution in [0.15, 0.2) is 17.7 Å². The lowest BCUT2D eigenvalue weighted by atomic mass is 10.1. The van der Waals surface area contributed by atoms with E-state index in [0.29, 0.717) is 17.5 Å². The fourth-order valence-corrected chi connectivity index (χ4v) is 1.53. The minimum absolute atomic E-state index is 0.432. The van der Waals surface area contributed by atoms with Crippen molar-refractivity contribution in [2.45, 2.75) is 13.3 Å². The van der Waals surface area contributed by atoms with Gasteiger partial charge in [-0.3, -0.25) is 0 Å². The van der Waals surface area contributed by atoms with Gasteiger partial charge in [0.2, 0.25) is 0 Å². The third-order valence-electron chi connectivity index (χ3n) is 2.05. The Labute approximate surface area is 69.5 Å². The molecule has 0 atom stereocenters. The third-order valence-corrected chi connectivity index (χ3v) is 2.05. The van der Waals surface area contributed by atoms with Gasteiger partial charge in [0, 0.05) is 6.07 Å². The van der Waals surface area contributed by atoms with E-state index in [0.717, 1.165) is 11.6 Å². The first kappa shape index (κ1) is 7.47. The maximum atomic E-state index is 13.1. The second-order valence-corrected chi connectivity index (χ2v) is 3.12. The lowest BCUT2D eigenvalue weighted by Crippen LogP contribution is -1.91. The van der Waals surface area contributed by atoms with Crippen LogP contribution in [0.1, 0.15) is 18.1 Å². The highest BCUT2D eigenvalue weighted by Crippen LogP contribution is 2.27. The summed E-state index contributed by atoms with van der Waals surface area (Å²) in [5.74, 6) is -0.935. The van der Waals surface area contributed by atoms with Gasteiger partial charge in [0.15, 0.2) is 0 Å². The van der Waals surface area contributed by atoms with Crippen molar-refractivity contribution in [1.82, 2.24) is 0 Å². The molecular formula is C10H8F2. The van der Waals surface area contributed by atoms with E-state index in [1.54, 1.807) is 0 Å². The standard InChI is InChI=1S/C10H8F2/c1-6-2-7-4-8(11)5-10(12)9(7)3-6/h2,4-5H,3H2,1H3. The molecule has 0 fully saturated rings. The van der Waals surface area contributed by atoms with Gasteiger partial charge in [-0.05, 0) is 30.5 Å². The first-order chi connectivity index (χ1) is 5.66. The van der Waals surface area contributed by atoms with Crippen LogP contribution in [0.25, 0.3) is 6.08 Å². The highest BCUT2D eigenvalue weighted by Gasteiger charge is 2.15. The van der Waals surface area contributed by atoms with Gasteiger partial charge in [-0.15, -0.1) is 0 Å². The highest BCUT2D eigenvalue weighted by atomic mass is 19.1. The van der Waals surface area contributed by atoms with Crippen molar-refractivity contribution in [3.05, 3.63) is 40.5 Å². The van der Waals surface area contributed by atoms with E-state index < -0.39 is 11.6 Å². The molecule has 2 heteroatoms. The summed E-state index contributed by atoms with van der Waals surface area (Å²) in [6, 6.07) is 2.31. The van der Waals surface area contributed by atoms with Gasteiger partial charge >= 0.3 is 0 Å². The van der Waals surface area contributed by atoms with Gasteiger partial charge in [-0.2, -0.15) is 0 Å². The molecule has 62 valence electrons. The van der Waals surface area contributed by atoms with Gasteiger partial charge in [0.25, 0.3) is 0 Å². The average Bonchev–Trinajstić information content (AvgIpc) is 2.29. The Morgan fingerprint density at radius 2 is 2.00 bits per heavy atom. The number of halogens is 2. The second kappa shape index (κ2) is 2.41. The first-order valence-electron chi connectivity index (χ1n) is 3.82. The number of hydrogen-bond donors (Lipinski definition) is 0. The molecule has 12 heavy (non-hydrogen) atoms. The number of benzene rings is 1. The molecule has 0 saturated carbocycles. The van der Waals surface area contributed by atoms with Crippen LogP contribution in [-0.2, 0) is 6.42 Å². The summed E-state index contributed by atoms with van der Waals surface area (Å²) in [7, 11) is 0. The Balaban J connectivity index is 2.61. The topological polar surface area (TPSA) is 0 Å². The Hall–Kier alpha value is -1.18. The maximum absolute atomic E-state index is 13.1. The Bertz CT molecular complexity index is 364. The van der Waals surface area contributed by atoms with Crippen molar-refractivity contribution >= 4 is 6.08 Å². The SMILES string of the molecule is CC1=Cc2cc(F)cc(F)c2C1. The van der Waals surface area contributed by atoms with E-state index in [9.17, 15) is 8.78 Å². The van der Waals surface area contributed by atoms with Gasteiger partial charge < -0.3 is 0 Å². The van der Waals surface area contributed by atoms with Crippen molar-refractivity contribution in [2.24, 2.45) is 0 Å². The fourth-order valence-electron chi connectivity index (χ4n) is 1.53. The minimum Gasteiger partial charge on any atom is -0.207 e. The average molecular weight is 166 g/mol. The molecule has 1 aromatic carbocycles. The molecule has 0 nitrogen and oxygen atoms in total. The summed E-state index contributed by atoms with van der Waals surface area (Å²) in [5.41, 5.74) is 2.38. The summed E-state index contributed by atoms with van der Waals surface area (Å²) in [5, 5.41) is 0. The van der Waals surface area contributed by atoms with Crippen LogP contribution in [0, 0.1) is 11.6 Å². The molecule has 2 rings (SSSR count). The van der Waals surface area contributed by atoms with E-state index >= 15 is 0 Å². The van der Waals surface area contributed by atoms with Crippen molar-refractivity contribution in [3.8, 4) is 0 Å². The summed E-state index contributed by atoms with van der Waals surface area (Å²) in [6.07, 6.45) is 2.43. The number of fused-ring (bicyclic) bond motifs is 1. The van der Waals surface area contributed by atoms with Crippen molar-refractivity contribution in [1.29, 1.82) is 0 Å². The van der Waals surface area contributed by atoms with Crippen LogP contribution in [0.5, 0.6) is 0 Å². The normalized spacial score (nSPS) is 14.4. The molecule has 1 aliphatic carbocycles. The number of hydrogen-bond acceptors (Lipinski definition) is 0. The summed E-state index contributed by atoms with van der Waals surface area (Å²) in [6.45, 7) is 1.91. The van der Waals surface area contributed by atoms with E-state index in [4.69, 9.17) is 0 Å². The van der Waals surface area contributed by atoms with Gasteiger partial charge in [0.05, 0.1) is 0 Å². The molecule has 0 saturated heterocycles. The molecule has 0 aliphatic heterocycles. The van der Waals surface area contributed by atoms with Gasteiger partial charge in [0.1, 0.15) is 11.6 Å². The van der Waals surface area contributed by atoms with E-state index in [1.165, 1.54) is 6.07 Å². The third kappa shape index (κ3) is 1.04. The Morgan fingerprint density at radius 3 is 2.75 bits per heavy atom. The van der Waals surface area contributed by atoms with Crippen LogP contribution in [0.3, 0.4) is 0 Å². The molecule has 0 aromatic heterocycles. The van der Waals surface area contributed by atoms with Crippen LogP contribution >= 0.6 is 0 Å². The number of rotatable bonds is 0. The molecular weight excluding hydrogens is 158 g/mol. The maximum Gasteiger partial charge on any atom is 0.130 e. The molecule has 0 unspecified atom stereocenters. The molecule has 0 bridgehead atoms. The lowest BCUT2D eigenvalue weighted by Gasteiger charge is -1.99. The zero-order chi connectivity index (χ0) is 8.72. The van der Waals surface area contributed by atoms with Gasteiger partial charge in [-0.25, -0.2) is 8.78 Å². The van der Waals surface area contributed by atoms with Crippen LogP contribution in [0.4, 0.5) is 8.78 Å². The molecule has 1 aliphatic rings. The fraction of sp³-hybridized carbons (Fsp3) is 0.200. The Morgan fingerprint density at radius 1 is 1.25 bits per heavy atom. The first-order valence-corrected chi connectivity index (χ1v) is 3.82. The monoisotopic (exact) mass is 166 g/mol. The van der Waals surface area contributed by atoms with E-state index in [1.807, 2.05) is 13.0 Å². The summed E-state index contributed by atoms with van der Waals surface area (Å²) >= 11 is 0. The molecule has 0 heterocycles. The Kier molecular flexibility index (Phi) is 1.50. The van der Waals surface area contributed by atoms with Crippen molar-refractivity contribution < 1.29 is 8.78 Å². The number of allylic oxidation sites excluding steroid dienone is 1. The zero-order valence-corrected chi connectivity index (χ0v) is 6.70. The zero-order valence-electron chi connectivity index (χ0n) is 6.70. The molecule has 0 radical (unpaired) electrons. The molecule has 1 aromatic rings. The molecule has 0 amide bonds. The lowest BCUT2D eigenvalue weighted by molar-refractivity contribution is 0.575. The van der Waals surface area contributed by atoms with Crippen LogP contribution < -0.4 is 0 Å². The van der Waals surface area contributed by atoms with E-state index in [-0.39, 0.29) is 0 Å². The smallest absolute Gasteiger partial charge is 0.130 e. The predicted octanol–water partition coefficient (Wildman–Crippen LogP) is 2.92. The second-order valence-electron chi connectivity index (χ2n) is 3.12. The van der Waals surface area contributed by atoms with Crippen LogP contribution in [0.2, 0.25) is 0 Å².